The predicted molar refractivity (Wildman–Crippen MR) is 106 cm³/mol. The number of thiazole rings is 1. The molecule has 0 unspecified atom stereocenters. The number of carbonyl (C=O) groups is 1. The Hall–Kier alpha value is -1.87. The summed E-state index contributed by atoms with van der Waals surface area (Å²) in [6, 6.07) is 6.17. The van der Waals surface area contributed by atoms with E-state index in [-0.39, 0.29) is 18.3 Å². The van der Waals surface area contributed by atoms with E-state index in [9.17, 15) is 14.3 Å². The number of benzene rings is 1. The van der Waals surface area contributed by atoms with E-state index in [2.05, 4.69) is 10.3 Å². The Labute approximate surface area is 167 Å². The van der Waals surface area contributed by atoms with Gasteiger partial charge in [-0.25, -0.2) is 9.37 Å². The summed E-state index contributed by atoms with van der Waals surface area (Å²) in [7, 11) is 0. The van der Waals surface area contributed by atoms with E-state index in [0.717, 1.165) is 29.0 Å². The van der Waals surface area contributed by atoms with Gasteiger partial charge in [0.15, 0.2) is 5.13 Å². The fraction of sp³-hybridized carbons (Fsp3) is 0.500. The second-order valence-corrected chi connectivity index (χ2v) is 8.71. The Bertz CT molecular complexity index is 849. The zero-order chi connectivity index (χ0) is 19.7. The summed E-state index contributed by atoms with van der Waals surface area (Å²) < 4.78 is 19.0. The van der Waals surface area contributed by atoms with Gasteiger partial charge in [-0.3, -0.25) is 9.69 Å². The number of nitrogens with zero attached hydrogens (tertiary/aromatic N) is 2. The maximum atomic E-state index is 13.1. The highest BCUT2D eigenvalue weighted by molar-refractivity contribution is 7.16. The summed E-state index contributed by atoms with van der Waals surface area (Å²) in [6.07, 6.45) is 1.92. The topological polar surface area (TPSA) is 74.7 Å². The molecule has 2 fully saturated rings. The highest BCUT2D eigenvalue weighted by atomic mass is 32.1. The van der Waals surface area contributed by atoms with Crippen LogP contribution >= 0.6 is 11.3 Å². The zero-order valence-corrected chi connectivity index (χ0v) is 16.6. The Morgan fingerprint density at radius 2 is 2.25 bits per heavy atom. The fourth-order valence-corrected chi connectivity index (χ4v) is 4.91. The number of likely N-dealkylation sites (tertiary alicyclic amines) is 1. The van der Waals surface area contributed by atoms with Crippen LogP contribution in [0.3, 0.4) is 0 Å². The SMILES string of the molecule is Cc1sc(NC(=O)CN2CC[C@H](O)[C@]3(CCCO3)C2)nc1-c1ccc(F)cc1. The van der Waals surface area contributed by atoms with Crippen molar-refractivity contribution in [2.45, 2.75) is 37.9 Å². The van der Waals surface area contributed by atoms with Gasteiger partial charge in [0.1, 0.15) is 11.4 Å². The minimum atomic E-state index is -0.522. The number of nitrogens with one attached hydrogen (secondary N) is 1. The highest BCUT2D eigenvalue weighted by Gasteiger charge is 2.46. The van der Waals surface area contributed by atoms with Gasteiger partial charge in [0.25, 0.3) is 0 Å². The molecule has 2 aliphatic rings. The van der Waals surface area contributed by atoms with Crippen LogP contribution in [0.5, 0.6) is 0 Å². The number of piperidine rings is 1. The maximum Gasteiger partial charge on any atom is 0.240 e. The van der Waals surface area contributed by atoms with Crippen molar-refractivity contribution >= 4 is 22.4 Å². The molecular weight excluding hydrogens is 381 g/mol. The molecular formula is C20H24FN3O3S. The third-order valence-electron chi connectivity index (χ3n) is 5.48. The lowest BCUT2D eigenvalue weighted by Crippen LogP contribution is -2.57. The zero-order valence-electron chi connectivity index (χ0n) is 15.8. The number of hydrogen-bond donors (Lipinski definition) is 2. The normalized spacial score (nSPS) is 25.3. The molecule has 4 rings (SSSR count). The lowest BCUT2D eigenvalue weighted by molar-refractivity contribution is -0.137. The summed E-state index contributed by atoms with van der Waals surface area (Å²) in [6.45, 7) is 4.07. The second-order valence-electron chi connectivity index (χ2n) is 7.51. The number of amides is 1. The largest absolute Gasteiger partial charge is 0.390 e. The van der Waals surface area contributed by atoms with Gasteiger partial charge < -0.3 is 15.2 Å². The molecule has 1 spiro atoms. The van der Waals surface area contributed by atoms with Crippen LogP contribution < -0.4 is 5.32 Å². The summed E-state index contributed by atoms with van der Waals surface area (Å²) in [4.78, 5) is 20.0. The van der Waals surface area contributed by atoms with Crippen LogP contribution in [0.15, 0.2) is 24.3 Å². The number of anilines is 1. The third kappa shape index (κ3) is 3.96. The van der Waals surface area contributed by atoms with E-state index in [1.54, 1.807) is 12.1 Å². The van der Waals surface area contributed by atoms with E-state index in [4.69, 9.17) is 4.74 Å². The van der Waals surface area contributed by atoms with Crippen LogP contribution in [-0.4, -0.2) is 58.8 Å². The quantitative estimate of drug-likeness (QED) is 0.818. The first-order valence-corrected chi connectivity index (χ1v) is 10.3. The van der Waals surface area contributed by atoms with Crippen molar-refractivity contribution in [3.05, 3.63) is 35.0 Å². The first-order chi connectivity index (χ1) is 13.4. The minimum absolute atomic E-state index is 0.135. The van der Waals surface area contributed by atoms with Gasteiger partial charge in [0.2, 0.25) is 5.91 Å². The van der Waals surface area contributed by atoms with Crippen LogP contribution in [0.2, 0.25) is 0 Å². The van der Waals surface area contributed by atoms with Crippen molar-refractivity contribution in [1.29, 1.82) is 0 Å². The van der Waals surface area contributed by atoms with Crippen molar-refractivity contribution in [1.82, 2.24) is 9.88 Å². The van der Waals surface area contributed by atoms with Crippen molar-refractivity contribution in [2.24, 2.45) is 0 Å². The number of aryl methyl sites for hydroxylation is 1. The number of aliphatic hydroxyl groups is 1. The number of ether oxygens (including phenoxy) is 1. The monoisotopic (exact) mass is 405 g/mol. The lowest BCUT2D eigenvalue weighted by Gasteiger charge is -2.42. The molecule has 1 aromatic carbocycles. The van der Waals surface area contributed by atoms with Gasteiger partial charge in [-0.15, -0.1) is 11.3 Å². The number of halogens is 1. The molecule has 0 aliphatic carbocycles. The lowest BCUT2D eigenvalue weighted by atomic mass is 9.87. The summed E-state index contributed by atoms with van der Waals surface area (Å²) in [5.74, 6) is -0.426. The Morgan fingerprint density at radius 1 is 1.46 bits per heavy atom. The molecule has 8 heteroatoms. The molecule has 1 aromatic heterocycles. The standard InChI is InChI=1S/C20H24FN3O3S/c1-13-18(14-3-5-15(21)6-4-14)23-19(28-13)22-17(26)11-24-9-7-16(25)20(12-24)8-2-10-27-20/h3-6,16,25H,2,7-12H2,1H3,(H,22,23,26)/t16-,20-/m0/s1. The first-order valence-electron chi connectivity index (χ1n) is 9.53. The average molecular weight is 405 g/mol. The molecule has 150 valence electrons. The van der Waals surface area contributed by atoms with Crippen LogP contribution in [0.25, 0.3) is 11.3 Å². The summed E-state index contributed by atoms with van der Waals surface area (Å²) >= 11 is 1.40. The predicted octanol–water partition coefficient (Wildman–Crippen LogP) is 2.81. The molecule has 0 radical (unpaired) electrons. The van der Waals surface area contributed by atoms with Crippen LogP contribution in [0.4, 0.5) is 9.52 Å². The number of hydrogen-bond acceptors (Lipinski definition) is 6. The van der Waals surface area contributed by atoms with E-state index in [1.807, 2.05) is 11.8 Å². The molecule has 2 N–H and O–H groups in total. The van der Waals surface area contributed by atoms with Crippen molar-refractivity contribution in [2.75, 3.05) is 31.6 Å². The smallest absolute Gasteiger partial charge is 0.240 e. The van der Waals surface area contributed by atoms with Gasteiger partial charge in [0.05, 0.1) is 18.3 Å². The number of aliphatic hydroxyl groups excluding tert-OH is 1. The number of aromatic nitrogens is 1. The van der Waals surface area contributed by atoms with Crippen LogP contribution in [0.1, 0.15) is 24.1 Å². The second kappa shape index (κ2) is 7.87. The molecule has 2 aliphatic heterocycles. The van der Waals surface area contributed by atoms with Crippen molar-refractivity contribution in [3.63, 3.8) is 0 Å². The Kier molecular flexibility index (Phi) is 5.46. The van der Waals surface area contributed by atoms with Gasteiger partial charge in [-0.05, 0) is 50.5 Å². The molecule has 6 nitrogen and oxygen atoms in total. The maximum absolute atomic E-state index is 13.1. The summed E-state index contributed by atoms with van der Waals surface area (Å²) in [5.41, 5.74) is 1.05. The average Bonchev–Trinajstić information content (AvgIpc) is 3.26. The molecule has 0 saturated carbocycles. The molecule has 28 heavy (non-hydrogen) atoms. The molecule has 2 atom stereocenters. The van der Waals surface area contributed by atoms with Gasteiger partial charge in [0, 0.05) is 30.1 Å². The molecule has 1 amide bonds. The Morgan fingerprint density at radius 3 is 2.96 bits per heavy atom. The number of carbonyl (C=O) groups excluding carboxylic acids is 1. The third-order valence-corrected chi connectivity index (χ3v) is 6.37. The molecule has 3 heterocycles. The van der Waals surface area contributed by atoms with E-state index < -0.39 is 11.7 Å². The Balaban J connectivity index is 1.39. The number of rotatable bonds is 4. The van der Waals surface area contributed by atoms with E-state index in [1.165, 1.54) is 23.5 Å². The summed E-state index contributed by atoms with van der Waals surface area (Å²) in [5, 5.41) is 13.7. The van der Waals surface area contributed by atoms with Gasteiger partial charge in [-0.1, -0.05) is 0 Å². The van der Waals surface area contributed by atoms with Gasteiger partial charge in [-0.2, -0.15) is 0 Å². The first kappa shape index (κ1) is 19.4. The minimum Gasteiger partial charge on any atom is -0.390 e. The van der Waals surface area contributed by atoms with E-state index >= 15 is 0 Å². The van der Waals surface area contributed by atoms with Crippen LogP contribution in [0, 0.1) is 12.7 Å². The molecule has 2 aromatic rings. The van der Waals surface area contributed by atoms with Gasteiger partial charge >= 0.3 is 0 Å². The highest BCUT2D eigenvalue weighted by Crippen LogP contribution is 2.35. The van der Waals surface area contributed by atoms with Crippen molar-refractivity contribution in [3.8, 4) is 11.3 Å². The molecule has 0 bridgehead atoms. The fourth-order valence-electron chi connectivity index (χ4n) is 4.06. The van der Waals surface area contributed by atoms with Crippen LogP contribution in [-0.2, 0) is 9.53 Å². The molecule has 2 saturated heterocycles. The van der Waals surface area contributed by atoms with E-state index in [0.29, 0.717) is 31.2 Å². The van der Waals surface area contributed by atoms with Crippen molar-refractivity contribution < 1.29 is 19.0 Å².